The molecule has 1 aromatic heterocycles. The van der Waals surface area contributed by atoms with Crippen molar-refractivity contribution in [2.24, 2.45) is 5.73 Å². The largest absolute Gasteiger partial charge is 0.390 e. The molecule has 0 unspecified atom stereocenters. The molecule has 0 aromatic carbocycles. The molecule has 1 nitrogen and oxygen atoms in total. The van der Waals surface area contributed by atoms with Gasteiger partial charge in [-0.3, -0.25) is 0 Å². The normalized spacial score (nSPS) is 14.7. The van der Waals surface area contributed by atoms with Crippen molar-refractivity contribution in [2.45, 2.75) is 18.6 Å². The lowest BCUT2D eigenvalue weighted by atomic mass is 10.1. The lowest BCUT2D eigenvalue weighted by Crippen LogP contribution is -2.19. The quantitative estimate of drug-likeness (QED) is 0.771. The minimum atomic E-state index is -4.18. The molecule has 0 aliphatic rings. The van der Waals surface area contributed by atoms with Crippen LogP contribution in [0.3, 0.4) is 0 Å². The van der Waals surface area contributed by atoms with Gasteiger partial charge in [0.15, 0.2) is 0 Å². The summed E-state index contributed by atoms with van der Waals surface area (Å²) in [5.41, 5.74) is 5.87. The van der Waals surface area contributed by atoms with Crippen molar-refractivity contribution < 1.29 is 13.2 Å². The summed E-state index contributed by atoms with van der Waals surface area (Å²) in [6.07, 6.45) is -5.13. The first kappa shape index (κ1) is 9.54. The molecule has 0 fully saturated rings. The Balaban J connectivity index is 2.56. The fourth-order valence-electron chi connectivity index (χ4n) is 0.853. The molecule has 0 aliphatic heterocycles. The van der Waals surface area contributed by atoms with Crippen LogP contribution >= 0.6 is 11.3 Å². The molecule has 1 atom stereocenters. The highest BCUT2D eigenvalue weighted by Crippen LogP contribution is 2.28. The highest BCUT2D eigenvalue weighted by atomic mass is 32.1. The molecular formula is C7H8F3NS. The molecule has 0 saturated heterocycles. The van der Waals surface area contributed by atoms with Crippen LogP contribution in [0.15, 0.2) is 16.8 Å². The second-order valence-electron chi connectivity index (χ2n) is 2.48. The third-order valence-corrected chi connectivity index (χ3v) is 2.12. The summed E-state index contributed by atoms with van der Waals surface area (Å²) in [6, 6.07) is 0.692. The van der Waals surface area contributed by atoms with E-state index in [1.807, 2.05) is 0 Å². The maximum absolute atomic E-state index is 11.8. The third-order valence-electron chi connectivity index (χ3n) is 1.42. The Morgan fingerprint density at radius 3 is 2.58 bits per heavy atom. The molecule has 0 radical (unpaired) electrons. The molecule has 1 rings (SSSR count). The summed E-state index contributed by atoms with van der Waals surface area (Å²) in [6.45, 7) is 0. The maximum Gasteiger partial charge on any atom is 0.390 e. The summed E-state index contributed by atoms with van der Waals surface area (Å²) in [5.74, 6) is 0. The zero-order chi connectivity index (χ0) is 9.19. The smallest absolute Gasteiger partial charge is 0.324 e. The topological polar surface area (TPSA) is 26.0 Å². The standard InChI is InChI=1S/C7H8F3NS/c8-7(9,10)3-6(11)5-1-2-12-4-5/h1-2,4,6H,3,11H2/t6-/m1/s1. The highest BCUT2D eigenvalue weighted by Gasteiger charge is 2.30. The number of halogens is 3. The summed E-state index contributed by atoms with van der Waals surface area (Å²) in [4.78, 5) is 0. The number of thiophene rings is 1. The van der Waals surface area contributed by atoms with Crippen LogP contribution in [0.1, 0.15) is 18.0 Å². The first-order valence-corrected chi connectivity index (χ1v) is 4.28. The molecule has 1 heterocycles. The van der Waals surface area contributed by atoms with Crippen molar-refractivity contribution in [3.8, 4) is 0 Å². The summed E-state index contributed by atoms with van der Waals surface area (Å²) < 4.78 is 35.5. The first-order valence-electron chi connectivity index (χ1n) is 3.33. The minimum Gasteiger partial charge on any atom is -0.324 e. The zero-order valence-electron chi connectivity index (χ0n) is 6.14. The van der Waals surface area contributed by atoms with Crippen molar-refractivity contribution >= 4 is 11.3 Å². The van der Waals surface area contributed by atoms with Gasteiger partial charge in [-0.2, -0.15) is 24.5 Å². The van der Waals surface area contributed by atoms with Gasteiger partial charge in [-0.05, 0) is 22.4 Å². The van der Waals surface area contributed by atoms with Gasteiger partial charge in [-0.1, -0.05) is 0 Å². The second-order valence-corrected chi connectivity index (χ2v) is 3.26. The van der Waals surface area contributed by atoms with E-state index in [1.165, 1.54) is 11.3 Å². The number of rotatable bonds is 2. The third kappa shape index (κ3) is 2.83. The van der Waals surface area contributed by atoms with Gasteiger partial charge in [-0.15, -0.1) is 0 Å². The molecule has 2 N–H and O–H groups in total. The van der Waals surface area contributed by atoms with Gasteiger partial charge in [0.2, 0.25) is 0 Å². The van der Waals surface area contributed by atoms with Crippen LogP contribution in [0.25, 0.3) is 0 Å². The summed E-state index contributed by atoms with van der Waals surface area (Å²) >= 11 is 1.35. The molecule has 68 valence electrons. The molecule has 0 bridgehead atoms. The van der Waals surface area contributed by atoms with E-state index in [-0.39, 0.29) is 0 Å². The van der Waals surface area contributed by atoms with Crippen molar-refractivity contribution in [2.75, 3.05) is 0 Å². The van der Waals surface area contributed by atoms with E-state index in [0.29, 0.717) is 5.56 Å². The molecule has 0 aliphatic carbocycles. The van der Waals surface area contributed by atoms with Crippen LogP contribution in [0, 0.1) is 0 Å². The lowest BCUT2D eigenvalue weighted by molar-refractivity contribution is -0.138. The average Bonchev–Trinajstić information content (AvgIpc) is 2.32. The van der Waals surface area contributed by atoms with Gasteiger partial charge >= 0.3 is 6.18 Å². The Labute approximate surface area is 72.0 Å². The number of hydrogen-bond donors (Lipinski definition) is 1. The van der Waals surface area contributed by atoms with Crippen molar-refractivity contribution in [3.05, 3.63) is 22.4 Å². The minimum absolute atomic E-state index is 0.553. The Morgan fingerprint density at radius 2 is 2.17 bits per heavy atom. The highest BCUT2D eigenvalue weighted by molar-refractivity contribution is 7.07. The Morgan fingerprint density at radius 1 is 1.50 bits per heavy atom. The van der Waals surface area contributed by atoms with Crippen LogP contribution in [-0.4, -0.2) is 6.18 Å². The number of hydrogen-bond acceptors (Lipinski definition) is 2. The van der Waals surface area contributed by atoms with Gasteiger partial charge in [0.25, 0.3) is 0 Å². The monoisotopic (exact) mass is 195 g/mol. The SMILES string of the molecule is N[C@H](CC(F)(F)F)c1ccsc1. The zero-order valence-corrected chi connectivity index (χ0v) is 6.95. The van der Waals surface area contributed by atoms with Gasteiger partial charge in [0, 0.05) is 6.04 Å². The van der Waals surface area contributed by atoms with Gasteiger partial charge in [0.05, 0.1) is 6.42 Å². The predicted octanol–water partition coefficient (Wildman–Crippen LogP) is 2.70. The van der Waals surface area contributed by atoms with E-state index in [2.05, 4.69) is 0 Å². The first-order chi connectivity index (χ1) is 5.49. The predicted molar refractivity (Wildman–Crippen MR) is 41.9 cm³/mol. The lowest BCUT2D eigenvalue weighted by Gasteiger charge is -2.12. The number of alkyl halides is 3. The Hall–Kier alpha value is -0.550. The van der Waals surface area contributed by atoms with Crippen LogP contribution in [0.4, 0.5) is 13.2 Å². The Kier molecular flexibility index (Phi) is 2.74. The van der Waals surface area contributed by atoms with E-state index in [4.69, 9.17) is 5.73 Å². The molecule has 5 heteroatoms. The van der Waals surface area contributed by atoms with E-state index in [1.54, 1.807) is 16.8 Å². The van der Waals surface area contributed by atoms with Gasteiger partial charge in [-0.25, -0.2) is 0 Å². The molecule has 0 spiro atoms. The van der Waals surface area contributed by atoms with Crippen LogP contribution in [0.2, 0.25) is 0 Å². The second kappa shape index (κ2) is 3.45. The van der Waals surface area contributed by atoms with E-state index in [0.717, 1.165) is 0 Å². The van der Waals surface area contributed by atoms with Crippen molar-refractivity contribution in [1.82, 2.24) is 0 Å². The van der Waals surface area contributed by atoms with Crippen molar-refractivity contribution in [3.63, 3.8) is 0 Å². The molecule has 12 heavy (non-hydrogen) atoms. The van der Waals surface area contributed by atoms with Crippen molar-refractivity contribution in [1.29, 1.82) is 0 Å². The number of nitrogens with two attached hydrogens (primary N) is 1. The molecular weight excluding hydrogens is 187 g/mol. The van der Waals surface area contributed by atoms with Gasteiger partial charge < -0.3 is 5.73 Å². The average molecular weight is 195 g/mol. The molecule has 1 aromatic rings. The Bertz CT molecular complexity index is 229. The fourth-order valence-corrected chi connectivity index (χ4v) is 1.58. The fraction of sp³-hybridized carbons (Fsp3) is 0.429. The summed E-state index contributed by atoms with van der Waals surface area (Å²) in [7, 11) is 0. The summed E-state index contributed by atoms with van der Waals surface area (Å²) in [5, 5.41) is 3.35. The molecule has 0 amide bonds. The van der Waals surface area contributed by atoms with E-state index >= 15 is 0 Å². The maximum atomic E-state index is 11.8. The van der Waals surface area contributed by atoms with Crippen LogP contribution in [-0.2, 0) is 0 Å². The van der Waals surface area contributed by atoms with Crippen LogP contribution in [0.5, 0.6) is 0 Å². The van der Waals surface area contributed by atoms with Crippen LogP contribution < -0.4 is 5.73 Å². The van der Waals surface area contributed by atoms with E-state index in [9.17, 15) is 13.2 Å². The molecule has 0 saturated carbocycles. The van der Waals surface area contributed by atoms with E-state index < -0.39 is 18.6 Å². The van der Waals surface area contributed by atoms with Gasteiger partial charge in [0.1, 0.15) is 0 Å².